The number of hydrogen-bond acceptors (Lipinski definition) is 4. The van der Waals surface area contributed by atoms with Gasteiger partial charge in [-0.05, 0) is 31.0 Å². The van der Waals surface area contributed by atoms with Crippen LogP contribution in [0.25, 0.3) is 0 Å². The predicted molar refractivity (Wildman–Crippen MR) is 82.0 cm³/mol. The molecule has 1 aromatic rings. The monoisotopic (exact) mass is 333 g/mol. The zero-order chi connectivity index (χ0) is 16.0. The summed E-state index contributed by atoms with van der Waals surface area (Å²) in [5.41, 5.74) is 0.406. The van der Waals surface area contributed by atoms with Crippen molar-refractivity contribution in [2.24, 2.45) is 5.14 Å². The fourth-order valence-electron chi connectivity index (χ4n) is 1.84. The third kappa shape index (κ3) is 5.30. The number of sulfonamides is 1. The van der Waals surface area contributed by atoms with Crippen LogP contribution in [-0.2, 0) is 14.8 Å². The number of carbonyl (C=O) groups excluding carboxylic acids is 1. The van der Waals surface area contributed by atoms with Gasteiger partial charge in [-0.15, -0.1) is 0 Å². The first kappa shape index (κ1) is 17.9. The standard InChI is InChI=1S/C14H20ClNO4S/c1-3-4-5-6-7-20-14(17)11-8-12(15)10(2)13(9-11)21(16,18)19/h8-9H,3-7H2,1-2H3,(H2,16,18,19). The van der Waals surface area contributed by atoms with Crippen LogP contribution < -0.4 is 5.14 Å². The first-order chi connectivity index (χ1) is 9.77. The summed E-state index contributed by atoms with van der Waals surface area (Å²) in [6.07, 6.45) is 3.95. The Bertz CT molecular complexity index is 614. The van der Waals surface area contributed by atoms with Gasteiger partial charge in [-0.3, -0.25) is 0 Å². The number of primary sulfonamides is 1. The number of hydrogen-bond donors (Lipinski definition) is 1. The van der Waals surface area contributed by atoms with Crippen molar-refractivity contribution in [1.82, 2.24) is 0 Å². The second-order valence-electron chi connectivity index (χ2n) is 4.82. The Kier molecular flexibility index (Phi) is 6.64. The molecule has 1 rings (SSSR count). The molecule has 0 saturated carbocycles. The Morgan fingerprint density at radius 2 is 1.95 bits per heavy atom. The lowest BCUT2D eigenvalue weighted by Crippen LogP contribution is -2.16. The molecule has 0 aromatic heterocycles. The topological polar surface area (TPSA) is 86.5 Å². The van der Waals surface area contributed by atoms with Crippen LogP contribution in [-0.4, -0.2) is 21.0 Å². The minimum atomic E-state index is -3.94. The van der Waals surface area contributed by atoms with Crippen LogP contribution in [0.2, 0.25) is 5.02 Å². The van der Waals surface area contributed by atoms with E-state index in [4.69, 9.17) is 21.5 Å². The molecule has 0 spiro atoms. The molecule has 0 atom stereocenters. The maximum absolute atomic E-state index is 11.9. The van der Waals surface area contributed by atoms with Crippen molar-refractivity contribution in [3.63, 3.8) is 0 Å². The van der Waals surface area contributed by atoms with E-state index in [0.29, 0.717) is 12.2 Å². The van der Waals surface area contributed by atoms with E-state index in [-0.39, 0.29) is 15.5 Å². The molecule has 0 radical (unpaired) electrons. The highest BCUT2D eigenvalue weighted by molar-refractivity contribution is 7.89. The second-order valence-corrected chi connectivity index (χ2v) is 6.76. The van der Waals surface area contributed by atoms with Crippen LogP contribution >= 0.6 is 11.6 Å². The molecule has 0 aliphatic rings. The molecular formula is C14H20ClNO4S. The van der Waals surface area contributed by atoms with Crippen molar-refractivity contribution < 1.29 is 17.9 Å². The molecule has 2 N–H and O–H groups in total. The van der Waals surface area contributed by atoms with E-state index < -0.39 is 16.0 Å². The Hall–Kier alpha value is -1.11. The molecule has 7 heteroatoms. The summed E-state index contributed by atoms with van der Waals surface area (Å²) in [6, 6.07) is 2.59. The van der Waals surface area contributed by atoms with Crippen molar-refractivity contribution in [3.8, 4) is 0 Å². The smallest absolute Gasteiger partial charge is 0.338 e. The molecule has 0 bridgehead atoms. The zero-order valence-corrected chi connectivity index (χ0v) is 13.8. The minimum absolute atomic E-state index is 0.0881. The fourth-order valence-corrected chi connectivity index (χ4v) is 2.95. The molecule has 0 amide bonds. The second kappa shape index (κ2) is 7.77. The number of ether oxygens (including phenoxy) is 1. The molecule has 0 unspecified atom stereocenters. The van der Waals surface area contributed by atoms with Crippen LogP contribution in [0.3, 0.4) is 0 Å². The van der Waals surface area contributed by atoms with Gasteiger partial charge in [0.25, 0.3) is 0 Å². The Morgan fingerprint density at radius 1 is 1.29 bits per heavy atom. The van der Waals surface area contributed by atoms with Gasteiger partial charge < -0.3 is 4.74 Å². The molecule has 1 aromatic carbocycles. The highest BCUT2D eigenvalue weighted by atomic mass is 35.5. The lowest BCUT2D eigenvalue weighted by molar-refractivity contribution is 0.0497. The quantitative estimate of drug-likeness (QED) is 0.613. The minimum Gasteiger partial charge on any atom is -0.462 e. The highest BCUT2D eigenvalue weighted by Crippen LogP contribution is 2.25. The van der Waals surface area contributed by atoms with Crippen LogP contribution in [0.4, 0.5) is 0 Å². The SMILES string of the molecule is CCCCCCOC(=O)c1cc(Cl)c(C)c(S(N)(=O)=O)c1. The summed E-state index contributed by atoms with van der Waals surface area (Å²) >= 11 is 5.94. The van der Waals surface area contributed by atoms with E-state index in [1.807, 2.05) is 0 Å². The van der Waals surface area contributed by atoms with Crippen molar-refractivity contribution in [1.29, 1.82) is 0 Å². The van der Waals surface area contributed by atoms with Crippen molar-refractivity contribution in [3.05, 3.63) is 28.3 Å². The van der Waals surface area contributed by atoms with Gasteiger partial charge in [0.05, 0.1) is 17.1 Å². The maximum Gasteiger partial charge on any atom is 0.338 e. The Balaban J connectivity index is 2.84. The van der Waals surface area contributed by atoms with E-state index in [2.05, 4.69) is 6.92 Å². The Labute approximate surface area is 130 Å². The fraction of sp³-hybridized carbons (Fsp3) is 0.500. The van der Waals surface area contributed by atoms with Crippen LogP contribution in [0.15, 0.2) is 17.0 Å². The molecule has 0 heterocycles. The third-order valence-corrected chi connectivity index (χ3v) is 4.50. The summed E-state index contributed by atoms with van der Waals surface area (Å²) in [7, 11) is -3.94. The lowest BCUT2D eigenvalue weighted by atomic mass is 10.1. The van der Waals surface area contributed by atoms with Crippen LogP contribution in [0.1, 0.15) is 48.5 Å². The first-order valence-electron chi connectivity index (χ1n) is 6.77. The normalized spacial score (nSPS) is 11.4. The van der Waals surface area contributed by atoms with Crippen LogP contribution in [0, 0.1) is 6.92 Å². The van der Waals surface area contributed by atoms with Crippen molar-refractivity contribution >= 4 is 27.6 Å². The third-order valence-electron chi connectivity index (χ3n) is 3.07. The molecular weight excluding hydrogens is 314 g/mol. The molecule has 21 heavy (non-hydrogen) atoms. The van der Waals surface area contributed by atoms with Gasteiger partial charge in [0.2, 0.25) is 10.0 Å². The van der Waals surface area contributed by atoms with E-state index in [1.54, 1.807) is 0 Å². The van der Waals surface area contributed by atoms with Gasteiger partial charge in [-0.2, -0.15) is 0 Å². The van der Waals surface area contributed by atoms with Gasteiger partial charge in [0.1, 0.15) is 0 Å². The van der Waals surface area contributed by atoms with E-state index >= 15 is 0 Å². The molecule has 118 valence electrons. The average Bonchev–Trinajstić information content (AvgIpc) is 2.39. The van der Waals surface area contributed by atoms with E-state index in [1.165, 1.54) is 19.1 Å². The number of benzene rings is 1. The van der Waals surface area contributed by atoms with E-state index in [0.717, 1.165) is 25.7 Å². The maximum atomic E-state index is 11.9. The number of halogens is 1. The number of nitrogens with two attached hydrogens (primary N) is 1. The van der Waals surface area contributed by atoms with Gasteiger partial charge in [-0.25, -0.2) is 18.4 Å². The van der Waals surface area contributed by atoms with Gasteiger partial charge >= 0.3 is 5.97 Å². The van der Waals surface area contributed by atoms with Crippen LogP contribution in [0.5, 0.6) is 0 Å². The number of carbonyl (C=O) groups is 1. The highest BCUT2D eigenvalue weighted by Gasteiger charge is 2.18. The van der Waals surface area contributed by atoms with Gasteiger partial charge in [0, 0.05) is 5.02 Å². The molecule has 0 aliphatic carbocycles. The Morgan fingerprint density at radius 3 is 2.52 bits per heavy atom. The van der Waals surface area contributed by atoms with Crippen molar-refractivity contribution in [2.75, 3.05) is 6.61 Å². The van der Waals surface area contributed by atoms with E-state index in [9.17, 15) is 13.2 Å². The van der Waals surface area contributed by atoms with Gasteiger partial charge in [0.15, 0.2) is 0 Å². The summed E-state index contributed by atoms with van der Waals surface area (Å²) in [6.45, 7) is 3.92. The summed E-state index contributed by atoms with van der Waals surface area (Å²) in [4.78, 5) is 11.7. The first-order valence-corrected chi connectivity index (χ1v) is 8.70. The largest absolute Gasteiger partial charge is 0.462 e. The summed E-state index contributed by atoms with van der Waals surface area (Å²) < 4.78 is 28.1. The zero-order valence-electron chi connectivity index (χ0n) is 12.2. The summed E-state index contributed by atoms with van der Waals surface area (Å²) in [5, 5.41) is 5.28. The molecule has 0 saturated heterocycles. The number of rotatable bonds is 7. The number of unbranched alkanes of at least 4 members (excludes halogenated alkanes) is 3. The summed E-state index contributed by atoms with van der Waals surface area (Å²) in [5.74, 6) is -0.599. The predicted octanol–water partition coefficient (Wildman–Crippen LogP) is 3.03. The molecule has 0 aliphatic heterocycles. The van der Waals surface area contributed by atoms with Gasteiger partial charge in [-0.1, -0.05) is 37.8 Å². The average molecular weight is 334 g/mol. The molecule has 0 fully saturated rings. The molecule has 5 nitrogen and oxygen atoms in total. The number of esters is 1. The van der Waals surface area contributed by atoms with Crippen molar-refractivity contribution in [2.45, 2.75) is 44.4 Å². The lowest BCUT2D eigenvalue weighted by Gasteiger charge is -2.09.